The first-order valence-electron chi connectivity index (χ1n) is 5.06. The molecule has 1 atom stereocenters. The van der Waals surface area contributed by atoms with Crippen LogP contribution < -0.4 is 5.32 Å². The zero-order valence-electron chi connectivity index (χ0n) is 9.17. The molecular formula is C12H19NO. The molecule has 0 fully saturated rings. The van der Waals surface area contributed by atoms with Crippen molar-refractivity contribution < 1.29 is 5.11 Å². The van der Waals surface area contributed by atoms with Gasteiger partial charge in [0, 0.05) is 12.6 Å². The predicted octanol–water partition coefficient (Wildman–Crippen LogP) is 1.95. The summed E-state index contributed by atoms with van der Waals surface area (Å²) in [5.41, 5.74) is 3.90. The van der Waals surface area contributed by atoms with Crippen molar-refractivity contribution in [3.8, 4) is 0 Å². The minimum Gasteiger partial charge on any atom is -0.395 e. The number of nitrogens with one attached hydrogen (secondary N) is 1. The van der Waals surface area contributed by atoms with Crippen molar-refractivity contribution >= 4 is 0 Å². The Bertz CT molecular complexity index is 296. The first-order valence-corrected chi connectivity index (χ1v) is 5.06. The maximum absolute atomic E-state index is 8.72. The molecule has 78 valence electrons. The summed E-state index contributed by atoms with van der Waals surface area (Å²) in [7, 11) is 0. The molecule has 0 saturated carbocycles. The average molecular weight is 193 g/mol. The van der Waals surface area contributed by atoms with E-state index in [2.05, 4.69) is 44.3 Å². The normalized spacial score (nSPS) is 12.9. The molecule has 2 heteroatoms. The van der Waals surface area contributed by atoms with Gasteiger partial charge in [-0.1, -0.05) is 23.8 Å². The molecule has 0 aliphatic carbocycles. The second kappa shape index (κ2) is 5.13. The van der Waals surface area contributed by atoms with Crippen molar-refractivity contribution in [2.75, 3.05) is 13.2 Å². The van der Waals surface area contributed by atoms with E-state index < -0.39 is 0 Å². The third kappa shape index (κ3) is 2.82. The summed E-state index contributed by atoms with van der Waals surface area (Å²) in [6.07, 6.45) is 0. The molecule has 2 nitrogen and oxygen atoms in total. The highest BCUT2D eigenvalue weighted by Crippen LogP contribution is 2.18. The molecule has 0 bridgehead atoms. The summed E-state index contributed by atoms with van der Waals surface area (Å²) in [5, 5.41) is 12.0. The maximum atomic E-state index is 8.72. The Labute approximate surface area is 86.0 Å². The smallest absolute Gasteiger partial charge is 0.0556 e. The van der Waals surface area contributed by atoms with Crippen molar-refractivity contribution in [1.29, 1.82) is 0 Å². The minimum atomic E-state index is 0.190. The van der Waals surface area contributed by atoms with Crippen LogP contribution in [-0.4, -0.2) is 18.3 Å². The van der Waals surface area contributed by atoms with E-state index in [0.29, 0.717) is 12.6 Å². The molecule has 1 aromatic rings. The second-order valence-electron chi connectivity index (χ2n) is 3.76. The van der Waals surface area contributed by atoms with Crippen molar-refractivity contribution in [1.82, 2.24) is 5.32 Å². The molecule has 1 aromatic carbocycles. The predicted molar refractivity (Wildman–Crippen MR) is 59.4 cm³/mol. The van der Waals surface area contributed by atoms with E-state index in [1.54, 1.807) is 0 Å². The van der Waals surface area contributed by atoms with E-state index in [9.17, 15) is 0 Å². The maximum Gasteiger partial charge on any atom is 0.0556 e. The molecule has 1 unspecified atom stereocenters. The molecule has 0 spiro atoms. The molecule has 0 heterocycles. The van der Waals surface area contributed by atoms with Gasteiger partial charge in [0.25, 0.3) is 0 Å². The highest BCUT2D eigenvalue weighted by atomic mass is 16.3. The van der Waals surface area contributed by atoms with Gasteiger partial charge in [-0.25, -0.2) is 0 Å². The zero-order valence-corrected chi connectivity index (χ0v) is 9.17. The molecule has 0 aliphatic heterocycles. The van der Waals surface area contributed by atoms with Crippen molar-refractivity contribution in [2.45, 2.75) is 26.8 Å². The van der Waals surface area contributed by atoms with Gasteiger partial charge < -0.3 is 10.4 Å². The summed E-state index contributed by atoms with van der Waals surface area (Å²) in [6.45, 7) is 7.18. The number of hydrogen-bond acceptors (Lipinski definition) is 2. The number of aryl methyl sites for hydroxylation is 2. The van der Waals surface area contributed by atoms with E-state index in [1.165, 1.54) is 16.7 Å². The fourth-order valence-electron chi connectivity index (χ4n) is 1.62. The second-order valence-corrected chi connectivity index (χ2v) is 3.76. The third-order valence-corrected chi connectivity index (χ3v) is 2.46. The van der Waals surface area contributed by atoms with Crippen LogP contribution in [0.5, 0.6) is 0 Å². The molecular weight excluding hydrogens is 174 g/mol. The standard InChI is InChI=1S/C12H19NO/c1-9-4-5-10(2)12(8-9)11(3)13-6-7-14/h4-5,8,11,13-14H,6-7H2,1-3H3. The van der Waals surface area contributed by atoms with Crippen LogP contribution in [0.15, 0.2) is 18.2 Å². The van der Waals surface area contributed by atoms with Crippen LogP contribution in [0.1, 0.15) is 29.7 Å². The first kappa shape index (κ1) is 11.2. The summed E-state index contributed by atoms with van der Waals surface area (Å²) < 4.78 is 0. The number of aliphatic hydroxyl groups is 1. The lowest BCUT2D eigenvalue weighted by molar-refractivity contribution is 0.286. The molecule has 2 N–H and O–H groups in total. The molecule has 0 amide bonds. The van der Waals surface area contributed by atoms with Gasteiger partial charge in [-0.3, -0.25) is 0 Å². The molecule has 0 radical (unpaired) electrons. The summed E-state index contributed by atoms with van der Waals surface area (Å²) in [6, 6.07) is 6.77. The first-order chi connectivity index (χ1) is 6.65. The van der Waals surface area contributed by atoms with E-state index in [4.69, 9.17) is 5.11 Å². The van der Waals surface area contributed by atoms with E-state index in [1.807, 2.05) is 0 Å². The highest BCUT2D eigenvalue weighted by molar-refractivity contribution is 5.32. The Hall–Kier alpha value is -0.860. The van der Waals surface area contributed by atoms with Crippen LogP contribution >= 0.6 is 0 Å². The number of hydrogen-bond donors (Lipinski definition) is 2. The van der Waals surface area contributed by atoms with E-state index in [-0.39, 0.29) is 6.61 Å². The number of rotatable bonds is 4. The summed E-state index contributed by atoms with van der Waals surface area (Å²) >= 11 is 0. The Morgan fingerprint density at radius 1 is 1.36 bits per heavy atom. The van der Waals surface area contributed by atoms with Gasteiger partial charge in [0.15, 0.2) is 0 Å². The Morgan fingerprint density at radius 2 is 2.07 bits per heavy atom. The fraction of sp³-hybridized carbons (Fsp3) is 0.500. The van der Waals surface area contributed by atoms with E-state index >= 15 is 0 Å². The molecule has 0 aromatic heterocycles. The van der Waals surface area contributed by atoms with Crippen molar-refractivity contribution in [2.24, 2.45) is 0 Å². The summed E-state index contributed by atoms with van der Waals surface area (Å²) in [4.78, 5) is 0. The van der Waals surface area contributed by atoms with Crippen molar-refractivity contribution in [3.63, 3.8) is 0 Å². The summed E-state index contributed by atoms with van der Waals surface area (Å²) in [5.74, 6) is 0. The van der Waals surface area contributed by atoms with Crippen LogP contribution in [-0.2, 0) is 0 Å². The lowest BCUT2D eigenvalue weighted by Gasteiger charge is -2.16. The largest absolute Gasteiger partial charge is 0.395 e. The van der Waals surface area contributed by atoms with Gasteiger partial charge in [-0.05, 0) is 31.9 Å². The Balaban J connectivity index is 2.77. The molecule has 0 aliphatic rings. The number of aliphatic hydroxyl groups excluding tert-OH is 1. The Kier molecular flexibility index (Phi) is 4.11. The topological polar surface area (TPSA) is 32.3 Å². The quantitative estimate of drug-likeness (QED) is 0.766. The van der Waals surface area contributed by atoms with E-state index in [0.717, 1.165) is 0 Å². The highest BCUT2D eigenvalue weighted by Gasteiger charge is 2.06. The van der Waals surface area contributed by atoms with Gasteiger partial charge in [0.1, 0.15) is 0 Å². The Morgan fingerprint density at radius 3 is 2.71 bits per heavy atom. The molecule has 0 saturated heterocycles. The van der Waals surface area contributed by atoms with Gasteiger partial charge in [-0.15, -0.1) is 0 Å². The fourth-order valence-corrected chi connectivity index (χ4v) is 1.62. The van der Waals surface area contributed by atoms with Crippen molar-refractivity contribution in [3.05, 3.63) is 34.9 Å². The lowest BCUT2D eigenvalue weighted by atomic mass is 10.00. The third-order valence-electron chi connectivity index (χ3n) is 2.46. The monoisotopic (exact) mass is 193 g/mol. The lowest BCUT2D eigenvalue weighted by Crippen LogP contribution is -2.22. The van der Waals surface area contributed by atoms with Gasteiger partial charge >= 0.3 is 0 Å². The SMILES string of the molecule is Cc1ccc(C)c(C(C)NCCO)c1. The van der Waals surface area contributed by atoms with Crippen LogP contribution in [0.2, 0.25) is 0 Å². The number of benzene rings is 1. The molecule has 1 rings (SSSR count). The molecule has 14 heavy (non-hydrogen) atoms. The van der Waals surface area contributed by atoms with Gasteiger partial charge in [0.2, 0.25) is 0 Å². The minimum absolute atomic E-state index is 0.190. The van der Waals surface area contributed by atoms with Crippen LogP contribution in [0, 0.1) is 13.8 Å². The average Bonchev–Trinajstić information content (AvgIpc) is 2.18. The van der Waals surface area contributed by atoms with Gasteiger partial charge in [-0.2, -0.15) is 0 Å². The van der Waals surface area contributed by atoms with Crippen LogP contribution in [0.3, 0.4) is 0 Å². The zero-order chi connectivity index (χ0) is 10.6. The van der Waals surface area contributed by atoms with Crippen LogP contribution in [0.25, 0.3) is 0 Å². The van der Waals surface area contributed by atoms with Gasteiger partial charge in [0.05, 0.1) is 6.61 Å². The van der Waals surface area contributed by atoms with Crippen LogP contribution in [0.4, 0.5) is 0 Å².